The van der Waals surface area contributed by atoms with E-state index in [1.54, 1.807) is 36.4 Å². The topological polar surface area (TPSA) is 66.5 Å². The van der Waals surface area contributed by atoms with Gasteiger partial charge in [0.05, 0.1) is 16.6 Å². The molecule has 3 rings (SSSR count). The molecule has 1 N–H and O–H groups in total. The van der Waals surface area contributed by atoms with Gasteiger partial charge in [-0.25, -0.2) is 8.42 Å². The highest BCUT2D eigenvalue weighted by Crippen LogP contribution is 2.28. The average molecular weight is 471 g/mol. The lowest BCUT2D eigenvalue weighted by Gasteiger charge is -2.26. The molecular formula is C25H27ClN2O3S. The largest absolute Gasteiger partial charge is 0.348 e. The Morgan fingerprint density at radius 1 is 1.00 bits per heavy atom. The number of hydrogen-bond donors (Lipinski definition) is 1. The minimum atomic E-state index is -3.98. The molecule has 0 heterocycles. The summed E-state index contributed by atoms with van der Waals surface area (Å²) in [6.07, 6.45) is 0.677. The first kappa shape index (κ1) is 23.8. The summed E-state index contributed by atoms with van der Waals surface area (Å²) in [6, 6.07) is 20.7. The molecule has 3 aromatic rings. The fourth-order valence-electron chi connectivity index (χ4n) is 3.36. The molecule has 0 aliphatic heterocycles. The number of rotatable bonds is 8. The van der Waals surface area contributed by atoms with E-state index < -0.39 is 15.9 Å². The average Bonchev–Trinajstić information content (AvgIpc) is 2.79. The Labute approximate surface area is 195 Å². The van der Waals surface area contributed by atoms with Crippen molar-refractivity contribution in [3.8, 4) is 0 Å². The van der Waals surface area contributed by atoms with Gasteiger partial charge in [-0.2, -0.15) is 0 Å². The number of sulfonamides is 1. The molecule has 1 atom stereocenters. The molecule has 0 fully saturated rings. The first-order valence-corrected chi connectivity index (χ1v) is 12.2. The highest BCUT2D eigenvalue weighted by molar-refractivity contribution is 7.92. The number of carbonyl (C=O) groups excluding carboxylic acids is 1. The van der Waals surface area contributed by atoms with Gasteiger partial charge < -0.3 is 5.32 Å². The molecule has 0 spiro atoms. The maximum atomic E-state index is 13.4. The van der Waals surface area contributed by atoms with Crippen molar-refractivity contribution in [2.24, 2.45) is 0 Å². The van der Waals surface area contributed by atoms with Crippen molar-refractivity contribution in [1.29, 1.82) is 0 Å². The molecule has 0 saturated carbocycles. The quantitative estimate of drug-likeness (QED) is 0.478. The third kappa shape index (κ3) is 5.50. The summed E-state index contributed by atoms with van der Waals surface area (Å²) < 4.78 is 28.0. The molecule has 1 amide bonds. The fraction of sp³-hybridized carbons (Fsp3) is 0.240. The zero-order valence-corrected chi connectivity index (χ0v) is 20.0. The van der Waals surface area contributed by atoms with E-state index in [1.165, 1.54) is 12.1 Å². The number of benzene rings is 3. The van der Waals surface area contributed by atoms with Crippen molar-refractivity contribution in [3.05, 3.63) is 94.5 Å². The second-order valence-electron chi connectivity index (χ2n) is 7.70. The normalized spacial score (nSPS) is 12.2. The van der Waals surface area contributed by atoms with E-state index in [-0.39, 0.29) is 17.5 Å². The van der Waals surface area contributed by atoms with Crippen LogP contribution < -0.4 is 9.62 Å². The lowest BCUT2D eigenvalue weighted by Crippen LogP contribution is -2.42. The minimum Gasteiger partial charge on any atom is -0.348 e. The number of hydrogen-bond acceptors (Lipinski definition) is 3. The van der Waals surface area contributed by atoms with E-state index in [0.29, 0.717) is 17.1 Å². The van der Waals surface area contributed by atoms with Crippen molar-refractivity contribution in [2.45, 2.75) is 38.1 Å². The summed E-state index contributed by atoms with van der Waals surface area (Å²) in [5, 5.41) is 3.41. The van der Waals surface area contributed by atoms with Gasteiger partial charge in [-0.3, -0.25) is 9.10 Å². The van der Waals surface area contributed by atoms with Gasteiger partial charge in [0.25, 0.3) is 10.0 Å². The Morgan fingerprint density at radius 2 is 1.66 bits per heavy atom. The second kappa shape index (κ2) is 10.2. The van der Waals surface area contributed by atoms with Gasteiger partial charge in [-0.05, 0) is 55.7 Å². The van der Waals surface area contributed by atoms with E-state index in [1.807, 2.05) is 45.0 Å². The monoisotopic (exact) mass is 470 g/mol. The minimum absolute atomic E-state index is 0.107. The van der Waals surface area contributed by atoms with Gasteiger partial charge in [0.1, 0.15) is 6.54 Å². The first-order valence-electron chi connectivity index (χ1n) is 10.4. The van der Waals surface area contributed by atoms with E-state index >= 15 is 0 Å². The third-order valence-corrected chi connectivity index (χ3v) is 7.48. The third-order valence-electron chi connectivity index (χ3n) is 5.29. The van der Waals surface area contributed by atoms with Gasteiger partial charge in [-0.1, -0.05) is 72.6 Å². The molecule has 32 heavy (non-hydrogen) atoms. The number of anilines is 1. The second-order valence-corrected chi connectivity index (χ2v) is 9.97. The van der Waals surface area contributed by atoms with Gasteiger partial charge in [0.2, 0.25) is 5.91 Å². The highest BCUT2D eigenvalue weighted by Gasteiger charge is 2.28. The van der Waals surface area contributed by atoms with Crippen molar-refractivity contribution in [3.63, 3.8) is 0 Å². The predicted octanol–water partition coefficient (Wildman–Crippen LogP) is 5.42. The molecular weight excluding hydrogens is 444 g/mol. The molecule has 0 bridgehead atoms. The van der Waals surface area contributed by atoms with Gasteiger partial charge in [0, 0.05) is 5.02 Å². The molecule has 0 aliphatic carbocycles. The van der Waals surface area contributed by atoms with Crippen LogP contribution in [0.4, 0.5) is 5.69 Å². The van der Waals surface area contributed by atoms with Crippen LogP contribution in [0.3, 0.4) is 0 Å². The van der Waals surface area contributed by atoms with Crippen LogP contribution in [0.1, 0.15) is 36.1 Å². The number of nitrogens with zero attached hydrogens (tertiary/aromatic N) is 1. The molecule has 0 radical (unpaired) electrons. The zero-order valence-electron chi connectivity index (χ0n) is 18.4. The Bertz CT molecular complexity index is 1180. The summed E-state index contributed by atoms with van der Waals surface area (Å²) in [6.45, 7) is 5.45. The summed E-state index contributed by atoms with van der Waals surface area (Å²) in [5.41, 5.74) is 3.26. The maximum absolute atomic E-state index is 13.4. The smallest absolute Gasteiger partial charge is 0.264 e. The van der Waals surface area contributed by atoms with Crippen molar-refractivity contribution < 1.29 is 13.2 Å². The van der Waals surface area contributed by atoms with Crippen molar-refractivity contribution >= 4 is 33.2 Å². The number of nitrogens with one attached hydrogen (secondary N) is 1. The summed E-state index contributed by atoms with van der Waals surface area (Å²) in [7, 11) is -3.98. The van der Waals surface area contributed by atoms with Crippen LogP contribution in [0.25, 0.3) is 0 Å². The SMILES string of the molecule is CC[C@@H](NC(=O)CN(c1ccc(C)c(Cl)c1)S(=O)(=O)c1ccccc1)c1ccc(C)cc1. The standard InChI is InChI=1S/C25H27ClN2O3S/c1-4-24(20-13-10-18(2)11-14-20)27-25(29)17-28(21-15-12-19(3)23(26)16-21)32(30,31)22-8-6-5-7-9-22/h5-16,24H,4,17H2,1-3H3,(H,27,29)/t24-/m1/s1. The van der Waals surface area contributed by atoms with Crippen LogP contribution in [0.2, 0.25) is 5.02 Å². The summed E-state index contributed by atoms with van der Waals surface area (Å²) in [4.78, 5) is 13.1. The Kier molecular flexibility index (Phi) is 7.59. The van der Waals surface area contributed by atoms with Crippen LogP contribution in [-0.4, -0.2) is 20.9 Å². The van der Waals surface area contributed by atoms with Gasteiger partial charge >= 0.3 is 0 Å². The molecule has 168 valence electrons. The molecule has 5 nitrogen and oxygen atoms in total. The van der Waals surface area contributed by atoms with Gasteiger partial charge in [-0.15, -0.1) is 0 Å². The van der Waals surface area contributed by atoms with E-state index in [0.717, 1.165) is 21.0 Å². The molecule has 7 heteroatoms. The molecule has 0 aliphatic rings. The van der Waals surface area contributed by atoms with Crippen molar-refractivity contribution in [1.82, 2.24) is 5.32 Å². The number of aryl methyl sites for hydroxylation is 2. The molecule has 0 unspecified atom stereocenters. The Morgan fingerprint density at radius 3 is 2.25 bits per heavy atom. The Hall–Kier alpha value is -2.83. The van der Waals surface area contributed by atoms with Crippen LogP contribution in [0.5, 0.6) is 0 Å². The zero-order chi connectivity index (χ0) is 23.3. The Balaban J connectivity index is 1.92. The fourth-order valence-corrected chi connectivity index (χ4v) is 4.97. The molecule has 0 aromatic heterocycles. The van der Waals surface area contributed by atoms with E-state index in [9.17, 15) is 13.2 Å². The lowest BCUT2D eigenvalue weighted by atomic mass is 10.0. The number of carbonyl (C=O) groups is 1. The predicted molar refractivity (Wildman–Crippen MR) is 130 cm³/mol. The van der Waals surface area contributed by atoms with E-state index in [2.05, 4.69) is 5.32 Å². The van der Waals surface area contributed by atoms with Gasteiger partial charge in [0.15, 0.2) is 0 Å². The van der Waals surface area contributed by atoms with Crippen LogP contribution >= 0.6 is 11.6 Å². The van der Waals surface area contributed by atoms with E-state index in [4.69, 9.17) is 11.6 Å². The molecule has 3 aromatic carbocycles. The van der Waals surface area contributed by atoms with Crippen LogP contribution in [-0.2, 0) is 14.8 Å². The highest BCUT2D eigenvalue weighted by atomic mass is 35.5. The molecule has 0 saturated heterocycles. The van der Waals surface area contributed by atoms with Crippen LogP contribution in [0.15, 0.2) is 77.7 Å². The first-order chi connectivity index (χ1) is 15.2. The number of amides is 1. The van der Waals surface area contributed by atoms with Crippen LogP contribution in [0, 0.1) is 13.8 Å². The number of halogens is 1. The summed E-state index contributed by atoms with van der Waals surface area (Å²) in [5.74, 6) is -0.395. The maximum Gasteiger partial charge on any atom is 0.264 e. The van der Waals surface area contributed by atoms with Crippen molar-refractivity contribution in [2.75, 3.05) is 10.8 Å². The lowest BCUT2D eigenvalue weighted by molar-refractivity contribution is -0.120. The summed E-state index contributed by atoms with van der Waals surface area (Å²) >= 11 is 6.27.